The molecule has 2 N–H and O–H groups in total. The number of benzene rings is 1. The number of rotatable bonds is 2. The molecule has 2 heterocycles. The van der Waals surface area contributed by atoms with Crippen LogP contribution in [-0.4, -0.2) is 24.5 Å². The van der Waals surface area contributed by atoms with Gasteiger partial charge in [-0.1, -0.05) is 0 Å². The fourth-order valence-electron chi connectivity index (χ4n) is 2.00. The predicted molar refractivity (Wildman–Crippen MR) is 70.3 cm³/mol. The number of ether oxygens (including phenoxy) is 1. The summed E-state index contributed by atoms with van der Waals surface area (Å²) in [6, 6.07) is 6.00. The molecule has 0 spiro atoms. The average Bonchev–Trinajstić information content (AvgIpc) is 2.79. The molecule has 98 valence electrons. The van der Waals surface area contributed by atoms with Gasteiger partial charge in [-0.25, -0.2) is 0 Å². The highest BCUT2D eigenvalue weighted by molar-refractivity contribution is 5.96. The van der Waals surface area contributed by atoms with Crippen LogP contribution in [0.4, 0.5) is 11.7 Å². The number of carbonyl (C=O) groups excluding carboxylic acids is 1. The molecule has 3 rings (SSSR count). The number of aromatic nitrogens is 1. The minimum Gasteiger partial charge on any atom is -0.482 e. The SMILES string of the molecule is CNc1nc(-c2ccc3c(c2)NC(=O)CO3)c(C)o1. The molecule has 1 aliphatic rings. The van der Waals surface area contributed by atoms with Crippen molar-refractivity contribution in [3.63, 3.8) is 0 Å². The molecule has 0 atom stereocenters. The van der Waals surface area contributed by atoms with Crippen LogP contribution < -0.4 is 15.4 Å². The summed E-state index contributed by atoms with van der Waals surface area (Å²) >= 11 is 0. The first-order valence-electron chi connectivity index (χ1n) is 5.89. The van der Waals surface area contributed by atoms with Crippen LogP contribution in [0.15, 0.2) is 22.6 Å². The molecule has 0 saturated carbocycles. The topological polar surface area (TPSA) is 76.4 Å². The van der Waals surface area contributed by atoms with E-state index in [1.54, 1.807) is 7.05 Å². The quantitative estimate of drug-likeness (QED) is 0.862. The molecular formula is C13H13N3O3. The lowest BCUT2D eigenvalue weighted by molar-refractivity contribution is -0.118. The van der Waals surface area contributed by atoms with Crippen molar-refractivity contribution in [3.8, 4) is 17.0 Å². The number of hydrogen-bond donors (Lipinski definition) is 2. The number of nitrogens with one attached hydrogen (secondary N) is 2. The van der Waals surface area contributed by atoms with Crippen LogP contribution in [0, 0.1) is 6.92 Å². The van der Waals surface area contributed by atoms with E-state index in [1.165, 1.54) is 0 Å². The first kappa shape index (κ1) is 11.6. The zero-order valence-corrected chi connectivity index (χ0v) is 10.6. The van der Waals surface area contributed by atoms with Crippen molar-refractivity contribution in [2.24, 2.45) is 0 Å². The fourth-order valence-corrected chi connectivity index (χ4v) is 2.00. The lowest BCUT2D eigenvalue weighted by Gasteiger charge is -2.18. The van der Waals surface area contributed by atoms with Crippen LogP contribution in [0.3, 0.4) is 0 Å². The number of oxazole rings is 1. The first-order valence-corrected chi connectivity index (χ1v) is 5.89. The second-order valence-corrected chi connectivity index (χ2v) is 4.22. The van der Waals surface area contributed by atoms with Gasteiger partial charge in [0.25, 0.3) is 11.9 Å². The number of hydrogen-bond acceptors (Lipinski definition) is 5. The Kier molecular flexibility index (Phi) is 2.63. The molecule has 0 saturated heterocycles. The number of amides is 1. The third kappa shape index (κ3) is 2.01. The van der Waals surface area contributed by atoms with Gasteiger partial charge in [0, 0.05) is 12.6 Å². The Morgan fingerprint density at radius 1 is 1.42 bits per heavy atom. The van der Waals surface area contributed by atoms with Crippen LogP contribution in [0.25, 0.3) is 11.3 Å². The highest BCUT2D eigenvalue weighted by Gasteiger charge is 2.18. The smallest absolute Gasteiger partial charge is 0.295 e. The van der Waals surface area contributed by atoms with Crippen LogP contribution in [-0.2, 0) is 4.79 Å². The van der Waals surface area contributed by atoms with Gasteiger partial charge in [-0.3, -0.25) is 4.79 Å². The van der Waals surface area contributed by atoms with E-state index in [4.69, 9.17) is 9.15 Å². The summed E-state index contributed by atoms with van der Waals surface area (Å²) in [4.78, 5) is 15.6. The monoisotopic (exact) mass is 259 g/mol. The van der Waals surface area contributed by atoms with Crippen LogP contribution >= 0.6 is 0 Å². The highest BCUT2D eigenvalue weighted by Crippen LogP contribution is 2.34. The Morgan fingerprint density at radius 3 is 3.00 bits per heavy atom. The standard InChI is InChI=1S/C13H13N3O3/c1-7-12(16-13(14-2)19-7)8-3-4-10-9(5-8)15-11(17)6-18-10/h3-5H,6H2,1-2H3,(H,14,16)(H,15,17). The van der Waals surface area contributed by atoms with E-state index in [0.717, 1.165) is 11.3 Å². The highest BCUT2D eigenvalue weighted by atomic mass is 16.5. The Morgan fingerprint density at radius 2 is 2.26 bits per heavy atom. The van der Waals surface area contributed by atoms with Crippen molar-refractivity contribution in [2.45, 2.75) is 6.92 Å². The molecule has 1 aliphatic heterocycles. The third-order valence-electron chi connectivity index (χ3n) is 2.90. The fraction of sp³-hybridized carbons (Fsp3) is 0.231. The summed E-state index contributed by atoms with van der Waals surface area (Å²) in [6.07, 6.45) is 0. The summed E-state index contributed by atoms with van der Waals surface area (Å²) in [6.45, 7) is 1.90. The van der Waals surface area contributed by atoms with Crippen LogP contribution in [0.2, 0.25) is 0 Å². The molecule has 0 fully saturated rings. The number of anilines is 2. The average molecular weight is 259 g/mol. The maximum absolute atomic E-state index is 11.3. The predicted octanol–water partition coefficient (Wildman–Crippen LogP) is 2.02. The Bertz CT molecular complexity index is 649. The molecule has 6 heteroatoms. The van der Waals surface area contributed by atoms with Crippen molar-refractivity contribution < 1.29 is 13.9 Å². The van der Waals surface area contributed by atoms with Crippen LogP contribution in [0.5, 0.6) is 5.75 Å². The van der Waals surface area contributed by atoms with Crippen molar-refractivity contribution in [1.82, 2.24) is 4.98 Å². The molecule has 1 aromatic carbocycles. The second-order valence-electron chi connectivity index (χ2n) is 4.22. The lowest BCUT2D eigenvalue weighted by atomic mass is 10.1. The van der Waals surface area contributed by atoms with E-state index in [9.17, 15) is 4.79 Å². The van der Waals surface area contributed by atoms with E-state index in [-0.39, 0.29) is 12.5 Å². The van der Waals surface area contributed by atoms with Gasteiger partial charge in [-0.15, -0.1) is 0 Å². The molecule has 1 amide bonds. The van der Waals surface area contributed by atoms with E-state index in [2.05, 4.69) is 15.6 Å². The maximum Gasteiger partial charge on any atom is 0.295 e. The van der Waals surface area contributed by atoms with E-state index in [0.29, 0.717) is 23.2 Å². The molecule has 19 heavy (non-hydrogen) atoms. The first-order chi connectivity index (χ1) is 9.17. The zero-order chi connectivity index (χ0) is 13.4. The van der Waals surface area contributed by atoms with Gasteiger partial charge in [0.15, 0.2) is 6.61 Å². The van der Waals surface area contributed by atoms with Gasteiger partial charge < -0.3 is 19.8 Å². The van der Waals surface area contributed by atoms with Gasteiger partial charge in [0.05, 0.1) is 5.69 Å². The Hall–Kier alpha value is -2.50. The Balaban J connectivity index is 2.03. The van der Waals surface area contributed by atoms with Crippen molar-refractivity contribution >= 4 is 17.6 Å². The summed E-state index contributed by atoms with van der Waals surface area (Å²) in [5, 5.41) is 5.63. The lowest BCUT2D eigenvalue weighted by Crippen LogP contribution is -2.25. The Labute approximate surface area is 109 Å². The van der Waals surface area contributed by atoms with Crippen LogP contribution in [0.1, 0.15) is 5.76 Å². The van der Waals surface area contributed by atoms with Crippen molar-refractivity contribution in [1.29, 1.82) is 0 Å². The molecule has 0 aliphatic carbocycles. The normalized spacial score (nSPS) is 13.5. The van der Waals surface area contributed by atoms with Gasteiger partial charge in [-0.05, 0) is 25.1 Å². The van der Waals surface area contributed by atoms with E-state index >= 15 is 0 Å². The van der Waals surface area contributed by atoms with Crippen molar-refractivity contribution in [3.05, 3.63) is 24.0 Å². The molecular weight excluding hydrogens is 246 g/mol. The third-order valence-corrected chi connectivity index (χ3v) is 2.90. The number of nitrogens with zero attached hydrogens (tertiary/aromatic N) is 1. The molecule has 2 aromatic rings. The van der Waals surface area contributed by atoms with E-state index in [1.807, 2.05) is 25.1 Å². The maximum atomic E-state index is 11.3. The van der Waals surface area contributed by atoms with Gasteiger partial charge in [-0.2, -0.15) is 4.98 Å². The number of carbonyl (C=O) groups is 1. The van der Waals surface area contributed by atoms with Gasteiger partial charge >= 0.3 is 0 Å². The second kappa shape index (κ2) is 4.31. The van der Waals surface area contributed by atoms with E-state index < -0.39 is 0 Å². The molecule has 1 aromatic heterocycles. The van der Waals surface area contributed by atoms with Crippen molar-refractivity contribution in [2.75, 3.05) is 24.3 Å². The minimum atomic E-state index is -0.155. The van der Waals surface area contributed by atoms with Gasteiger partial charge in [0.1, 0.15) is 17.2 Å². The molecule has 0 bridgehead atoms. The summed E-state index contributed by atoms with van der Waals surface area (Å²) in [7, 11) is 1.75. The minimum absolute atomic E-state index is 0.0548. The molecule has 0 unspecified atom stereocenters. The molecule has 6 nitrogen and oxygen atoms in total. The summed E-state index contributed by atoms with van der Waals surface area (Å²) in [5.41, 5.74) is 2.27. The van der Waals surface area contributed by atoms with Gasteiger partial charge in [0.2, 0.25) is 0 Å². The molecule has 0 radical (unpaired) electrons. The summed E-state index contributed by atoms with van der Waals surface area (Å²) < 4.78 is 10.8. The zero-order valence-electron chi connectivity index (χ0n) is 10.6. The summed E-state index contributed by atoms with van der Waals surface area (Å²) in [5.74, 6) is 1.23. The number of aryl methyl sites for hydroxylation is 1. The largest absolute Gasteiger partial charge is 0.482 e. The number of fused-ring (bicyclic) bond motifs is 1.